The van der Waals surface area contributed by atoms with Crippen molar-refractivity contribution in [3.05, 3.63) is 41.2 Å². The number of ether oxygens (including phenoxy) is 1. The fourth-order valence-electron chi connectivity index (χ4n) is 3.89. The van der Waals surface area contributed by atoms with Gasteiger partial charge in [-0.1, -0.05) is 24.7 Å². The lowest BCUT2D eigenvalue weighted by atomic mass is 9.96. The molecule has 5 nitrogen and oxygen atoms in total. The van der Waals surface area contributed by atoms with Crippen LogP contribution in [0, 0.1) is 6.92 Å². The maximum absolute atomic E-state index is 12.2. The van der Waals surface area contributed by atoms with E-state index in [0.29, 0.717) is 12.3 Å². The molecule has 2 N–H and O–H groups in total. The molecule has 27 heavy (non-hydrogen) atoms. The molecule has 1 aromatic carbocycles. The average Bonchev–Trinajstić information content (AvgIpc) is 3.07. The molecule has 0 aliphatic carbocycles. The molecule has 6 heteroatoms. The fourth-order valence-corrected chi connectivity index (χ4v) is 4.22. The number of hydrogen-bond acceptors (Lipinski definition) is 5. The number of carbonyl (C=O) groups excluding carboxylic acids is 1. The summed E-state index contributed by atoms with van der Waals surface area (Å²) in [5, 5.41) is 5.59. The Morgan fingerprint density at radius 2 is 2.19 bits per heavy atom. The summed E-state index contributed by atoms with van der Waals surface area (Å²) in [4.78, 5) is 20.9. The summed E-state index contributed by atoms with van der Waals surface area (Å²) >= 11 is 5.78. The fraction of sp³-hybridized carbons (Fsp3) is 0.381. The van der Waals surface area contributed by atoms with Crippen molar-refractivity contribution in [3.63, 3.8) is 0 Å². The third kappa shape index (κ3) is 3.24. The number of aryl methyl sites for hydroxylation is 1. The highest BCUT2D eigenvalue weighted by Crippen LogP contribution is 2.30. The van der Waals surface area contributed by atoms with Gasteiger partial charge in [0.25, 0.3) is 0 Å². The van der Waals surface area contributed by atoms with Crippen LogP contribution in [0.4, 0.5) is 0 Å². The number of fused-ring (bicyclic) bond motifs is 3. The first-order valence-electron chi connectivity index (χ1n) is 9.46. The van der Waals surface area contributed by atoms with Crippen LogP contribution in [-0.4, -0.2) is 40.0 Å². The van der Waals surface area contributed by atoms with Gasteiger partial charge in [0.2, 0.25) is 0 Å². The van der Waals surface area contributed by atoms with Crippen molar-refractivity contribution in [1.82, 2.24) is 15.3 Å². The Morgan fingerprint density at radius 3 is 2.93 bits per heavy atom. The molecule has 140 valence electrons. The number of pyridine rings is 1. The zero-order valence-electron chi connectivity index (χ0n) is 15.6. The quantitative estimate of drug-likeness (QED) is 0.405. The molecule has 3 heterocycles. The van der Waals surface area contributed by atoms with Crippen molar-refractivity contribution < 1.29 is 9.53 Å². The summed E-state index contributed by atoms with van der Waals surface area (Å²) in [6, 6.07) is 6.53. The predicted molar refractivity (Wildman–Crippen MR) is 112 cm³/mol. The molecular weight excluding hydrogens is 358 g/mol. The molecule has 1 aliphatic heterocycles. The number of piperidine rings is 1. The van der Waals surface area contributed by atoms with Gasteiger partial charge >= 0.3 is 5.97 Å². The molecular formula is C21H23N3O2S. The number of esters is 1. The molecule has 1 fully saturated rings. The van der Waals surface area contributed by atoms with E-state index in [1.165, 1.54) is 12.8 Å². The molecule has 0 bridgehead atoms. The van der Waals surface area contributed by atoms with Crippen molar-refractivity contribution in [2.24, 2.45) is 0 Å². The van der Waals surface area contributed by atoms with Crippen molar-refractivity contribution >= 4 is 44.9 Å². The van der Waals surface area contributed by atoms with E-state index >= 15 is 0 Å². The zero-order chi connectivity index (χ0) is 19.0. The predicted octanol–water partition coefficient (Wildman–Crippen LogP) is 4.06. The van der Waals surface area contributed by atoms with E-state index in [-0.39, 0.29) is 12.0 Å². The third-order valence-electron chi connectivity index (χ3n) is 5.26. The third-order valence-corrected chi connectivity index (χ3v) is 5.78. The van der Waals surface area contributed by atoms with E-state index in [4.69, 9.17) is 17.0 Å². The SMILES string of the molecule is CCOC(=O)c1ncc2[nH]c3ccc(C(=S)C4CCCCN4)cc3c2c1C. The molecule has 2 aromatic heterocycles. The summed E-state index contributed by atoms with van der Waals surface area (Å²) in [6.45, 7) is 5.07. The highest BCUT2D eigenvalue weighted by atomic mass is 32.1. The van der Waals surface area contributed by atoms with Gasteiger partial charge in [0, 0.05) is 27.2 Å². The largest absolute Gasteiger partial charge is 0.461 e. The van der Waals surface area contributed by atoms with E-state index < -0.39 is 0 Å². The van der Waals surface area contributed by atoms with Crippen LogP contribution in [0.1, 0.15) is 47.8 Å². The maximum atomic E-state index is 12.2. The van der Waals surface area contributed by atoms with Gasteiger partial charge in [0.05, 0.1) is 18.3 Å². The number of rotatable bonds is 4. The lowest BCUT2D eigenvalue weighted by Crippen LogP contribution is -2.39. The first-order chi connectivity index (χ1) is 13.1. The standard InChI is InChI=1S/C21H23N3O2S/c1-3-26-21(25)19-12(2)18-14-10-13(20(27)16-6-4-5-9-22-16)7-8-15(14)24-17(18)11-23-19/h7-8,10-11,16,22,24H,3-6,9H2,1-2H3. The van der Waals surface area contributed by atoms with Crippen LogP contribution < -0.4 is 5.32 Å². The number of carbonyl (C=O) groups is 1. The summed E-state index contributed by atoms with van der Waals surface area (Å²) in [6.07, 6.45) is 5.21. The van der Waals surface area contributed by atoms with Gasteiger partial charge in [-0.05, 0) is 56.5 Å². The number of aromatic nitrogens is 2. The van der Waals surface area contributed by atoms with Crippen molar-refractivity contribution in [1.29, 1.82) is 0 Å². The number of benzene rings is 1. The van der Waals surface area contributed by atoms with E-state index in [1.807, 2.05) is 6.92 Å². The topological polar surface area (TPSA) is 67.0 Å². The van der Waals surface area contributed by atoms with Gasteiger partial charge in [-0.2, -0.15) is 0 Å². The number of nitrogens with zero attached hydrogens (tertiary/aromatic N) is 1. The summed E-state index contributed by atoms with van der Waals surface area (Å²) in [5.74, 6) is -0.385. The molecule has 1 saturated heterocycles. The van der Waals surface area contributed by atoms with E-state index in [1.54, 1.807) is 13.1 Å². The van der Waals surface area contributed by atoms with Gasteiger partial charge in [-0.15, -0.1) is 0 Å². The van der Waals surface area contributed by atoms with Crippen LogP contribution in [0.25, 0.3) is 21.8 Å². The zero-order valence-corrected chi connectivity index (χ0v) is 16.4. The molecule has 0 radical (unpaired) electrons. The minimum atomic E-state index is -0.385. The summed E-state index contributed by atoms with van der Waals surface area (Å²) < 4.78 is 5.15. The number of thiocarbonyl (C=S) groups is 1. The highest BCUT2D eigenvalue weighted by molar-refractivity contribution is 7.81. The number of hydrogen-bond donors (Lipinski definition) is 2. The van der Waals surface area contributed by atoms with Crippen molar-refractivity contribution in [2.75, 3.05) is 13.2 Å². The van der Waals surface area contributed by atoms with Crippen molar-refractivity contribution in [3.8, 4) is 0 Å². The lowest BCUT2D eigenvalue weighted by Gasteiger charge is -2.24. The molecule has 0 saturated carbocycles. The van der Waals surface area contributed by atoms with Crippen LogP contribution in [0.15, 0.2) is 24.4 Å². The first-order valence-corrected chi connectivity index (χ1v) is 9.86. The van der Waals surface area contributed by atoms with Crippen LogP contribution in [0.2, 0.25) is 0 Å². The molecule has 1 unspecified atom stereocenters. The summed E-state index contributed by atoms with van der Waals surface area (Å²) in [5.41, 5.74) is 4.18. The van der Waals surface area contributed by atoms with Crippen LogP contribution >= 0.6 is 12.2 Å². The highest BCUT2D eigenvalue weighted by Gasteiger charge is 2.21. The first kappa shape index (κ1) is 18.1. The Hall–Kier alpha value is -2.31. The second kappa shape index (κ2) is 7.37. The average molecular weight is 382 g/mol. The van der Waals surface area contributed by atoms with Gasteiger partial charge in [-0.3, -0.25) is 0 Å². The van der Waals surface area contributed by atoms with Gasteiger partial charge < -0.3 is 15.0 Å². The Labute approximate surface area is 163 Å². The second-order valence-corrected chi connectivity index (χ2v) is 7.43. The number of H-pyrrole nitrogens is 1. The molecule has 0 spiro atoms. The molecule has 4 rings (SSSR count). The van der Waals surface area contributed by atoms with Crippen molar-refractivity contribution in [2.45, 2.75) is 39.2 Å². The summed E-state index contributed by atoms with van der Waals surface area (Å²) in [7, 11) is 0. The Balaban J connectivity index is 1.81. The van der Waals surface area contributed by atoms with Gasteiger partial charge in [0.1, 0.15) is 0 Å². The molecule has 1 aliphatic rings. The van der Waals surface area contributed by atoms with E-state index in [2.05, 4.69) is 33.5 Å². The van der Waals surface area contributed by atoms with Crippen LogP contribution in [-0.2, 0) is 4.74 Å². The number of aromatic amines is 1. The molecule has 1 atom stereocenters. The van der Waals surface area contributed by atoms with Crippen LogP contribution in [0.3, 0.4) is 0 Å². The smallest absolute Gasteiger partial charge is 0.357 e. The molecule has 3 aromatic rings. The minimum absolute atomic E-state index is 0.259. The van der Waals surface area contributed by atoms with Gasteiger partial charge in [0.15, 0.2) is 5.69 Å². The minimum Gasteiger partial charge on any atom is -0.461 e. The Kier molecular flexibility index (Phi) is 4.93. The number of nitrogens with one attached hydrogen (secondary N) is 2. The normalized spacial score (nSPS) is 17.3. The second-order valence-electron chi connectivity index (χ2n) is 6.99. The monoisotopic (exact) mass is 381 g/mol. The lowest BCUT2D eigenvalue weighted by molar-refractivity contribution is 0.0519. The van der Waals surface area contributed by atoms with Crippen LogP contribution in [0.5, 0.6) is 0 Å². The van der Waals surface area contributed by atoms with E-state index in [9.17, 15) is 4.79 Å². The Morgan fingerprint density at radius 1 is 1.33 bits per heavy atom. The van der Waals surface area contributed by atoms with Gasteiger partial charge in [-0.25, -0.2) is 9.78 Å². The maximum Gasteiger partial charge on any atom is 0.357 e. The van der Waals surface area contributed by atoms with E-state index in [0.717, 1.165) is 50.8 Å². The Bertz CT molecular complexity index is 1030. The molecule has 0 amide bonds.